The Morgan fingerprint density at radius 1 is 0.600 bits per heavy atom. The average Bonchev–Trinajstić information content (AvgIpc) is 3.80. The van der Waals surface area contributed by atoms with E-state index in [0.29, 0.717) is 36.5 Å². The summed E-state index contributed by atoms with van der Waals surface area (Å²) in [5.74, 6) is 0.210. The first-order chi connectivity index (χ1) is 26.8. The number of para-hydroxylation sites is 2. The second-order valence-electron chi connectivity index (χ2n) is 12.5. The Labute approximate surface area is 320 Å². The van der Waals surface area contributed by atoms with Crippen LogP contribution in [0.15, 0.2) is 140 Å². The van der Waals surface area contributed by atoms with Crippen molar-refractivity contribution in [3.05, 3.63) is 168 Å². The van der Waals surface area contributed by atoms with Crippen LogP contribution in [0.3, 0.4) is 0 Å². The van der Waals surface area contributed by atoms with Gasteiger partial charge in [-0.05, 0) is 93.9 Å². The summed E-state index contributed by atoms with van der Waals surface area (Å²) < 4.78 is 20.4. The molecule has 0 unspecified atom stereocenters. The highest BCUT2D eigenvalue weighted by Crippen LogP contribution is 2.35. The van der Waals surface area contributed by atoms with Gasteiger partial charge in [-0.25, -0.2) is 9.59 Å². The van der Waals surface area contributed by atoms with Crippen molar-refractivity contribution in [1.29, 1.82) is 0 Å². The summed E-state index contributed by atoms with van der Waals surface area (Å²) in [7, 11) is 0. The SMILES string of the molecule is CCOC(=O)c1cncc(-n2c(C)ccc2-c2ccccc2O)c1.CCOC(=O)c1cncc(-n2c(C)ccc2-c2ccccc2OCc2ccccc2)c1. The molecule has 0 aliphatic carbocycles. The quantitative estimate of drug-likeness (QED) is 0.131. The van der Waals surface area contributed by atoms with Crippen molar-refractivity contribution in [1.82, 2.24) is 19.1 Å². The van der Waals surface area contributed by atoms with Gasteiger partial charge in [-0.15, -0.1) is 0 Å². The number of carbonyl (C=O) groups is 2. The molecule has 3 aromatic carbocycles. The summed E-state index contributed by atoms with van der Waals surface area (Å²) in [6, 6.07) is 36.7. The van der Waals surface area contributed by atoms with Crippen LogP contribution in [0.4, 0.5) is 0 Å². The van der Waals surface area contributed by atoms with Gasteiger partial charge in [-0.3, -0.25) is 9.97 Å². The topological polar surface area (TPSA) is 118 Å². The summed E-state index contributed by atoms with van der Waals surface area (Å²) in [6.45, 7) is 8.65. The molecule has 10 heteroatoms. The Morgan fingerprint density at radius 3 is 1.64 bits per heavy atom. The molecular weight excluding hydrogens is 693 g/mol. The molecule has 7 rings (SSSR count). The molecule has 55 heavy (non-hydrogen) atoms. The van der Waals surface area contributed by atoms with Crippen LogP contribution in [-0.2, 0) is 16.1 Å². The lowest BCUT2D eigenvalue weighted by Crippen LogP contribution is -2.07. The zero-order valence-corrected chi connectivity index (χ0v) is 31.2. The number of aromatic hydroxyl groups is 1. The smallest absolute Gasteiger partial charge is 0.339 e. The maximum Gasteiger partial charge on any atom is 0.339 e. The summed E-state index contributed by atoms with van der Waals surface area (Å²) in [6.07, 6.45) is 6.43. The van der Waals surface area contributed by atoms with Crippen molar-refractivity contribution >= 4 is 11.9 Å². The molecule has 10 nitrogen and oxygen atoms in total. The zero-order valence-electron chi connectivity index (χ0n) is 31.2. The van der Waals surface area contributed by atoms with Crippen molar-refractivity contribution in [2.75, 3.05) is 13.2 Å². The average molecular weight is 735 g/mol. The van der Waals surface area contributed by atoms with Crippen LogP contribution < -0.4 is 4.74 Å². The minimum absolute atomic E-state index is 0.200. The lowest BCUT2D eigenvalue weighted by Gasteiger charge is -2.16. The summed E-state index contributed by atoms with van der Waals surface area (Å²) >= 11 is 0. The molecule has 0 bridgehead atoms. The van der Waals surface area contributed by atoms with Crippen molar-refractivity contribution in [2.24, 2.45) is 0 Å². The van der Waals surface area contributed by atoms with Crippen molar-refractivity contribution < 1.29 is 28.9 Å². The fraction of sp³-hybridized carbons (Fsp3) is 0.156. The molecule has 4 heterocycles. The number of rotatable bonds is 11. The number of esters is 2. The number of carbonyl (C=O) groups excluding carboxylic acids is 2. The monoisotopic (exact) mass is 734 g/mol. The highest BCUT2D eigenvalue weighted by atomic mass is 16.5. The molecule has 7 aromatic rings. The number of pyridine rings is 2. The molecule has 0 atom stereocenters. The van der Waals surface area contributed by atoms with Crippen LogP contribution in [0, 0.1) is 13.8 Å². The number of hydrogen-bond acceptors (Lipinski definition) is 8. The number of phenolic OH excluding ortho intramolecular Hbond substituents is 1. The predicted molar refractivity (Wildman–Crippen MR) is 212 cm³/mol. The summed E-state index contributed by atoms with van der Waals surface area (Å²) in [5, 5.41) is 10.2. The van der Waals surface area contributed by atoms with Gasteiger partial charge in [-0.2, -0.15) is 0 Å². The van der Waals surface area contributed by atoms with E-state index in [1.54, 1.807) is 50.5 Å². The van der Waals surface area contributed by atoms with E-state index in [9.17, 15) is 14.7 Å². The molecule has 0 spiro atoms. The zero-order chi connectivity index (χ0) is 38.7. The van der Waals surface area contributed by atoms with E-state index < -0.39 is 5.97 Å². The summed E-state index contributed by atoms with van der Waals surface area (Å²) in [4.78, 5) is 32.6. The largest absolute Gasteiger partial charge is 0.507 e. The minimum atomic E-state index is -0.402. The number of ether oxygens (including phenoxy) is 3. The first-order valence-electron chi connectivity index (χ1n) is 17.9. The van der Waals surface area contributed by atoms with E-state index in [4.69, 9.17) is 14.2 Å². The molecule has 0 radical (unpaired) electrons. The molecule has 1 N–H and O–H groups in total. The number of hydrogen-bond donors (Lipinski definition) is 1. The third-order valence-electron chi connectivity index (χ3n) is 8.72. The van der Waals surface area contributed by atoms with E-state index in [0.717, 1.165) is 51.0 Å². The van der Waals surface area contributed by atoms with Gasteiger partial charge in [0.2, 0.25) is 0 Å². The number of aryl methyl sites for hydroxylation is 2. The molecular formula is C45H42N4O6. The fourth-order valence-corrected chi connectivity index (χ4v) is 6.17. The number of phenols is 1. The van der Waals surface area contributed by atoms with Crippen molar-refractivity contribution in [3.8, 4) is 45.4 Å². The second-order valence-corrected chi connectivity index (χ2v) is 12.5. The second kappa shape index (κ2) is 17.7. The van der Waals surface area contributed by atoms with Gasteiger partial charge in [0.25, 0.3) is 0 Å². The van der Waals surface area contributed by atoms with Gasteiger partial charge < -0.3 is 28.5 Å². The highest BCUT2D eigenvalue weighted by molar-refractivity contribution is 5.90. The Morgan fingerprint density at radius 2 is 1.09 bits per heavy atom. The Balaban J connectivity index is 0.000000193. The van der Waals surface area contributed by atoms with Gasteiger partial charge in [0.05, 0.1) is 59.5 Å². The van der Waals surface area contributed by atoms with E-state index in [1.165, 1.54) is 12.4 Å². The van der Waals surface area contributed by atoms with Crippen LogP contribution in [-0.4, -0.2) is 49.4 Å². The van der Waals surface area contributed by atoms with E-state index in [-0.39, 0.29) is 11.7 Å². The first kappa shape index (κ1) is 37.8. The molecule has 278 valence electrons. The van der Waals surface area contributed by atoms with Gasteiger partial charge in [0.1, 0.15) is 18.1 Å². The van der Waals surface area contributed by atoms with Crippen LogP contribution in [0.5, 0.6) is 11.5 Å². The molecule has 0 saturated carbocycles. The predicted octanol–water partition coefficient (Wildman–Crippen LogP) is 9.33. The van der Waals surface area contributed by atoms with E-state index >= 15 is 0 Å². The van der Waals surface area contributed by atoms with Crippen LogP contribution in [0.1, 0.15) is 51.5 Å². The van der Waals surface area contributed by atoms with E-state index in [1.807, 2.05) is 103 Å². The Bertz CT molecular complexity index is 2400. The Hall–Kier alpha value is -6.94. The van der Waals surface area contributed by atoms with Crippen molar-refractivity contribution in [2.45, 2.75) is 34.3 Å². The number of nitrogens with zero attached hydrogens (tertiary/aromatic N) is 4. The third-order valence-corrected chi connectivity index (χ3v) is 8.72. The van der Waals surface area contributed by atoms with Crippen LogP contribution in [0.25, 0.3) is 33.9 Å². The molecule has 0 fully saturated rings. The van der Waals surface area contributed by atoms with Crippen molar-refractivity contribution in [3.63, 3.8) is 0 Å². The van der Waals surface area contributed by atoms with Gasteiger partial charge in [0.15, 0.2) is 0 Å². The maximum absolute atomic E-state index is 12.2. The van der Waals surface area contributed by atoms with E-state index in [2.05, 4.69) is 20.6 Å². The Kier molecular flexibility index (Phi) is 12.2. The number of aromatic nitrogens is 4. The van der Waals surface area contributed by atoms with Crippen LogP contribution in [0.2, 0.25) is 0 Å². The highest BCUT2D eigenvalue weighted by Gasteiger charge is 2.17. The van der Waals surface area contributed by atoms with Gasteiger partial charge in [-0.1, -0.05) is 54.6 Å². The fourth-order valence-electron chi connectivity index (χ4n) is 6.17. The summed E-state index contributed by atoms with van der Waals surface area (Å²) in [5.41, 5.74) is 8.92. The minimum Gasteiger partial charge on any atom is -0.507 e. The van der Waals surface area contributed by atoms with Gasteiger partial charge >= 0.3 is 11.9 Å². The molecule has 0 amide bonds. The third kappa shape index (κ3) is 8.82. The molecule has 4 aromatic heterocycles. The normalized spacial score (nSPS) is 10.6. The lowest BCUT2D eigenvalue weighted by atomic mass is 10.1. The molecule has 0 saturated heterocycles. The number of benzene rings is 3. The maximum atomic E-state index is 12.2. The van der Waals surface area contributed by atoms with Gasteiger partial charge in [0, 0.05) is 34.9 Å². The standard InChI is InChI=1S/C26H24N2O3.C19H18N2O3/c1-3-30-26(29)21-15-22(17-27-16-21)28-19(2)13-14-24(28)23-11-7-8-12-25(23)31-18-20-9-5-4-6-10-20;1-3-24-19(23)14-10-15(12-20-11-14)21-13(2)8-9-17(21)16-6-4-5-7-18(16)22/h4-17H,3,18H2,1-2H3;4-12,22H,3H2,1-2H3. The molecule has 0 aliphatic heterocycles. The van der Waals surface area contributed by atoms with Crippen LogP contribution >= 0.6 is 0 Å². The first-order valence-corrected chi connectivity index (χ1v) is 17.9. The lowest BCUT2D eigenvalue weighted by molar-refractivity contribution is 0.0516. The molecule has 0 aliphatic rings.